The van der Waals surface area contributed by atoms with Crippen LogP contribution in [0.25, 0.3) is 0 Å². The van der Waals surface area contributed by atoms with Gasteiger partial charge in [-0.05, 0) is 98.2 Å². The topological polar surface area (TPSA) is 147 Å². The molecular formula is C54H63N5O9S2. The number of benzene rings is 5. The van der Waals surface area contributed by atoms with Crippen molar-refractivity contribution < 1.29 is 42.7 Å². The van der Waals surface area contributed by atoms with Crippen LogP contribution in [0.15, 0.2) is 96.0 Å². The Kier molecular flexibility index (Phi) is 16.5. The molecule has 2 N–H and O–H groups in total. The van der Waals surface area contributed by atoms with Gasteiger partial charge in [0.1, 0.15) is 13.2 Å². The van der Waals surface area contributed by atoms with Gasteiger partial charge in [-0.2, -0.15) is 0 Å². The molecule has 5 aromatic carbocycles. The summed E-state index contributed by atoms with van der Waals surface area (Å²) >= 11 is 0. The molecule has 0 saturated heterocycles. The van der Waals surface area contributed by atoms with Crippen molar-refractivity contribution in [2.24, 2.45) is 4.99 Å². The number of aliphatic imine (C=N–C) groups is 1. The highest BCUT2D eigenvalue weighted by atomic mass is 33.1. The van der Waals surface area contributed by atoms with E-state index in [9.17, 15) is 9.59 Å². The lowest BCUT2D eigenvalue weighted by atomic mass is 10.1. The summed E-state index contributed by atoms with van der Waals surface area (Å²) in [4.78, 5) is 39.0. The lowest BCUT2D eigenvalue weighted by Gasteiger charge is -2.34. The van der Waals surface area contributed by atoms with E-state index in [4.69, 9.17) is 43.9 Å². The van der Waals surface area contributed by atoms with Crippen molar-refractivity contribution >= 4 is 68.1 Å². The predicted molar refractivity (Wildman–Crippen MR) is 282 cm³/mol. The van der Waals surface area contributed by atoms with E-state index in [0.717, 1.165) is 45.7 Å². The summed E-state index contributed by atoms with van der Waals surface area (Å²) in [6, 6.07) is 28.8. The number of nitrogens with two attached hydrogens (primary N) is 1. The van der Waals surface area contributed by atoms with Crippen molar-refractivity contribution in [3.05, 3.63) is 124 Å². The van der Waals surface area contributed by atoms with Gasteiger partial charge in [0.15, 0.2) is 23.0 Å². The fourth-order valence-electron chi connectivity index (χ4n) is 9.29. The van der Waals surface area contributed by atoms with Gasteiger partial charge < -0.3 is 48.7 Å². The molecule has 3 aliphatic heterocycles. The van der Waals surface area contributed by atoms with Crippen molar-refractivity contribution in [3.63, 3.8) is 0 Å². The Bertz CT molecular complexity index is 2700. The average Bonchev–Trinajstić information content (AvgIpc) is 3.86. The lowest BCUT2D eigenvalue weighted by Crippen LogP contribution is -2.38. The number of para-hydroxylation sites is 2. The van der Waals surface area contributed by atoms with Crippen molar-refractivity contribution in [2.75, 3.05) is 94.1 Å². The number of nitrogens with zero attached hydrogens (tertiary/aromatic N) is 4. The van der Waals surface area contributed by atoms with Gasteiger partial charge in [0, 0.05) is 78.5 Å². The average molecular weight is 990 g/mol. The highest BCUT2D eigenvalue weighted by Gasteiger charge is 2.37. The maximum Gasteiger partial charge on any atom is 0.261 e. The second-order valence-electron chi connectivity index (χ2n) is 18.1. The van der Waals surface area contributed by atoms with Gasteiger partial charge in [0.05, 0.1) is 70.1 Å². The Morgan fingerprint density at radius 2 is 1.41 bits per heavy atom. The molecule has 0 aromatic heterocycles. The number of nitrogen functional groups attached to an aromatic ring is 1. The van der Waals surface area contributed by atoms with E-state index in [1.807, 2.05) is 71.3 Å². The smallest absolute Gasteiger partial charge is 0.261 e. The fourth-order valence-corrected chi connectivity index (χ4v) is 11.5. The molecular weight excluding hydrogens is 927 g/mol. The van der Waals surface area contributed by atoms with E-state index in [2.05, 4.69) is 49.3 Å². The third kappa shape index (κ3) is 11.5. The van der Waals surface area contributed by atoms with Crippen molar-refractivity contribution in [1.29, 1.82) is 0 Å². The van der Waals surface area contributed by atoms with Crippen molar-refractivity contribution in [1.82, 2.24) is 0 Å². The Labute approximate surface area is 419 Å². The van der Waals surface area contributed by atoms with Crippen LogP contribution in [0.2, 0.25) is 0 Å². The van der Waals surface area contributed by atoms with Crippen LogP contribution in [-0.2, 0) is 40.3 Å². The Morgan fingerprint density at radius 3 is 2.10 bits per heavy atom. The highest BCUT2D eigenvalue weighted by Crippen LogP contribution is 2.42. The van der Waals surface area contributed by atoms with Crippen LogP contribution < -0.4 is 39.4 Å². The van der Waals surface area contributed by atoms with Crippen molar-refractivity contribution in [3.8, 4) is 23.0 Å². The van der Waals surface area contributed by atoms with Gasteiger partial charge in [-0.1, -0.05) is 58.0 Å². The van der Waals surface area contributed by atoms with Gasteiger partial charge >= 0.3 is 0 Å². The van der Waals surface area contributed by atoms with Gasteiger partial charge in [-0.3, -0.25) is 19.5 Å². The first-order valence-electron chi connectivity index (χ1n) is 23.5. The fraction of sp³-hybridized carbons (Fsp3) is 0.389. The maximum atomic E-state index is 14.1. The summed E-state index contributed by atoms with van der Waals surface area (Å²) in [7, 11) is 8.32. The minimum atomic E-state index is -0.196. The molecule has 2 atom stereocenters. The monoisotopic (exact) mass is 989 g/mol. The van der Waals surface area contributed by atoms with Crippen LogP contribution in [0.5, 0.6) is 23.0 Å². The molecule has 70 heavy (non-hydrogen) atoms. The van der Waals surface area contributed by atoms with Gasteiger partial charge in [0.25, 0.3) is 11.8 Å². The van der Waals surface area contributed by atoms with Crippen molar-refractivity contribution in [2.45, 2.75) is 63.7 Å². The lowest BCUT2D eigenvalue weighted by molar-refractivity contribution is 0.0264. The molecule has 0 radical (unpaired) electrons. The number of methoxy groups -OCH3 is 3. The summed E-state index contributed by atoms with van der Waals surface area (Å²) in [5, 5.41) is 0. The van der Waals surface area contributed by atoms with Crippen LogP contribution in [0, 0.1) is 0 Å². The van der Waals surface area contributed by atoms with Crippen LogP contribution in [0.3, 0.4) is 0 Å². The van der Waals surface area contributed by atoms with E-state index < -0.39 is 0 Å². The van der Waals surface area contributed by atoms with Gasteiger partial charge in [0.2, 0.25) is 0 Å². The standard InChI is InChI=1S/C54H63N5O9S2/c1-35-22-38-12-8-10-14-46(38)58(35)52(60)42-27-48(63-5)50(29-44(42)55)67-32-36-23-37(25-40(24-36)57(34-54(2,3)70-69-7)16-17-65-20-21-66-19-18-62-4)33-68-51-30-45-43(28-49(51)64-6)53(61)59-41(31-56-45)26-39-13-9-11-15-47(39)59/h8-15,23-25,27-31,35,41H,16-22,26,32-34,55H2,1-7H3/t35-,41+/m1/s1. The molecule has 8 rings (SSSR count). The summed E-state index contributed by atoms with van der Waals surface area (Å²) < 4.78 is 41.5. The normalized spacial score (nSPS) is 15.8. The molecule has 16 heteroatoms. The number of amides is 2. The molecule has 0 spiro atoms. The number of hydrogen-bond donors (Lipinski definition) is 1. The number of carbonyl (C=O) groups is 2. The molecule has 0 fully saturated rings. The van der Waals surface area contributed by atoms with Crippen LogP contribution in [0.4, 0.5) is 28.4 Å². The first kappa shape index (κ1) is 50.5. The Morgan fingerprint density at radius 1 is 0.786 bits per heavy atom. The molecule has 5 aromatic rings. The Balaban J connectivity index is 1.07. The zero-order valence-corrected chi connectivity index (χ0v) is 42.7. The molecule has 3 heterocycles. The highest BCUT2D eigenvalue weighted by molar-refractivity contribution is 8.77. The van der Waals surface area contributed by atoms with E-state index in [1.54, 1.807) is 61.3 Å². The minimum absolute atomic E-state index is 0.0277. The van der Waals surface area contributed by atoms with Crippen LogP contribution >= 0.6 is 21.6 Å². The van der Waals surface area contributed by atoms with E-state index in [-0.39, 0.29) is 47.5 Å². The zero-order valence-electron chi connectivity index (χ0n) is 41.0. The SMILES string of the molecule is COCCOCCOCCN(CC(C)(C)SSC)c1cc(COc2cc(N)c(C(=O)N3c4ccccc4C[C@H]3C)cc2OC)cc(COc2cc3c(cc2OC)C(=O)N2c4ccccc4C[C@H]2C=N3)c1. The predicted octanol–water partition coefficient (Wildman–Crippen LogP) is 9.60. The first-order chi connectivity index (χ1) is 33.9. The number of fused-ring (bicyclic) bond motifs is 5. The number of carbonyl (C=O) groups excluding carboxylic acids is 2. The van der Waals surface area contributed by atoms with Gasteiger partial charge in [-0.25, -0.2) is 0 Å². The van der Waals surface area contributed by atoms with Crippen LogP contribution in [0.1, 0.15) is 63.7 Å². The number of rotatable bonds is 23. The van der Waals surface area contributed by atoms with E-state index in [0.29, 0.717) is 92.4 Å². The largest absolute Gasteiger partial charge is 0.493 e. The van der Waals surface area contributed by atoms with E-state index >= 15 is 0 Å². The summed E-state index contributed by atoms with van der Waals surface area (Å²) in [5.41, 5.74) is 14.9. The summed E-state index contributed by atoms with van der Waals surface area (Å²) in [6.45, 7) is 10.6. The third-order valence-electron chi connectivity index (χ3n) is 12.5. The molecule has 0 saturated carbocycles. The van der Waals surface area contributed by atoms with Gasteiger partial charge in [-0.15, -0.1) is 0 Å². The third-order valence-corrected chi connectivity index (χ3v) is 15.1. The summed E-state index contributed by atoms with van der Waals surface area (Å²) in [6.07, 6.45) is 5.40. The molecule has 0 aliphatic carbocycles. The Hall–Kier alpha value is -5.91. The quantitative estimate of drug-likeness (QED) is 0.0377. The summed E-state index contributed by atoms with van der Waals surface area (Å²) in [5.74, 6) is 1.33. The number of ether oxygens (including phenoxy) is 7. The molecule has 370 valence electrons. The molecule has 2 amide bonds. The number of anilines is 4. The molecule has 3 aliphatic rings. The maximum absolute atomic E-state index is 14.1. The first-order valence-corrected chi connectivity index (χ1v) is 26.0. The second kappa shape index (κ2) is 22.9. The second-order valence-corrected chi connectivity index (χ2v) is 21.2. The number of hydrogen-bond acceptors (Lipinski definition) is 14. The zero-order chi connectivity index (χ0) is 49.4. The van der Waals surface area contributed by atoms with Crippen LogP contribution in [-0.4, -0.2) is 109 Å². The minimum Gasteiger partial charge on any atom is -0.493 e. The molecule has 0 bridgehead atoms. The molecule has 0 unspecified atom stereocenters. The van der Waals surface area contributed by atoms with E-state index in [1.165, 1.54) is 0 Å². The molecule has 14 nitrogen and oxygen atoms in total.